The van der Waals surface area contributed by atoms with Crippen LogP contribution in [0, 0.1) is 5.92 Å². The summed E-state index contributed by atoms with van der Waals surface area (Å²) in [6.07, 6.45) is 2.32. The first-order valence-corrected chi connectivity index (χ1v) is 5.77. The molecule has 0 radical (unpaired) electrons. The highest BCUT2D eigenvalue weighted by Gasteiger charge is 1.97. The first-order chi connectivity index (χ1) is 7.22. The van der Waals surface area contributed by atoms with E-state index >= 15 is 0 Å². The van der Waals surface area contributed by atoms with Crippen molar-refractivity contribution in [3.63, 3.8) is 0 Å². The summed E-state index contributed by atoms with van der Waals surface area (Å²) in [4.78, 5) is 0. The highest BCUT2D eigenvalue weighted by Crippen LogP contribution is 2.05. The van der Waals surface area contributed by atoms with Gasteiger partial charge < -0.3 is 11.1 Å². The third kappa shape index (κ3) is 4.84. The fourth-order valence-electron chi connectivity index (χ4n) is 1.41. The predicted octanol–water partition coefficient (Wildman–Crippen LogP) is 2.45. The van der Waals surface area contributed by atoms with Gasteiger partial charge >= 0.3 is 0 Å². The summed E-state index contributed by atoms with van der Waals surface area (Å²) in [6, 6.07) is 8.12. The smallest absolute Gasteiger partial charge is 0.0314 e. The van der Waals surface area contributed by atoms with Crippen molar-refractivity contribution >= 4 is 5.69 Å². The van der Waals surface area contributed by atoms with Gasteiger partial charge in [0.1, 0.15) is 0 Å². The van der Waals surface area contributed by atoms with Crippen molar-refractivity contribution in [1.29, 1.82) is 0 Å². The molecule has 0 spiro atoms. The number of nitrogens with one attached hydrogen (secondary N) is 1. The van der Waals surface area contributed by atoms with Gasteiger partial charge in [-0.3, -0.25) is 0 Å². The standard InChI is InChI=1S/C13H22N2/c1-3-11(2)10-15-9-8-12-4-6-13(14)7-5-12/h4-7,11,15H,3,8-10,14H2,1-2H3. The van der Waals surface area contributed by atoms with Gasteiger partial charge in [0.25, 0.3) is 0 Å². The lowest BCUT2D eigenvalue weighted by molar-refractivity contribution is 0.502. The molecule has 0 bridgehead atoms. The van der Waals surface area contributed by atoms with Crippen LogP contribution in [0.2, 0.25) is 0 Å². The van der Waals surface area contributed by atoms with Gasteiger partial charge in [0.15, 0.2) is 0 Å². The van der Waals surface area contributed by atoms with E-state index in [9.17, 15) is 0 Å². The number of hydrogen-bond donors (Lipinski definition) is 2. The Kier molecular flexibility index (Phi) is 5.19. The van der Waals surface area contributed by atoms with Crippen molar-refractivity contribution in [2.24, 2.45) is 5.92 Å². The molecule has 1 aromatic carbocycles. The van der Waals surface area contributed by atoms with Gasteiger partial charge in [0.05, 0.1) is 0 Å². The summed E-state index contributed by atoms with van der Waals surface area (Å²) >= 11 is 0. The van der Waals surface area contributed by atoms with Crippen LogP contribution in [0.25, 0.3) is 0 Å². The molecule has 15 heavy (non-hydrogen) atoms. The topological polar surface area (TPSA) is 38.0 Å². The number of nitrogens with two attached hydrogens (primary N) is 1. The Morgan fingerprint density at radius 2 is 1.93 bits per heavy atom. The Morgan fingerprint density at radius 3 is 2.53 bits per heavy atom. The van der Waals surface area contributed by atoms with Crippen LogP contribution in [0.3, 0.4) is 0 Å². The van der Waals surface area contributed by atoms with Crippen LogP contribution in [0.15, 0.2) is 24.3 Å². The van der Waals surface area contributed by atoms with Crippen molar-refractivity contribution in [3.8, 4) is 0 Å². The highest BCUT2D eigenvalue weighted by molar-refractivity contribution is 5.39. The van der Waals surface area contributed by atoms with E-state index in [2.05, 4.69) is 31.3 Å². The summed E-state index contributed by atoms with van der Waals surface area (Å²) in [5.41, 5.74) is 7.81. The molecule has 1 unspecified atom stereocenters. The molecule has 0 fully saturated rings. The molecule has 1 rings (SSSR count). The minimum Gasteiger partial charge on any atom is -0.399 e. The molecule has 0 aliphatic heterocycles. The molecule has 84 valence electrons. The monoisotopic (exact) mass is 206 g/mol. The molecule has 0 heterocycles. The molecule has 2 nitrogen and oxygen atoms in total. The van der Waals surface area contributed by atoms with E-state index in [1.165, 1.54) is 12.0 Å². The zero-order valence-corrected chi connectivity index (χ0v) is 9.79. The maximum atomic E-state index is 5.62. The maximum absolute atomic E-state index is 5.62. The van der Waals surface area contributed by atoms with Crippen LogP contribution in [0.1, 0.15) is 25.8 Å². The van der Waals surface area contributed by atoms with Gasteiger partial charge in [-0.1, -0.05) is 32.4 Å². The number of nitrogen functional groups attached to an aromatic ring is 1. The SMILES string of the molecule is CCC(C)CNCCc1ccc(N)cc1. The molecule has 1 aromatic rings. The van der Waals surface area contributed by atoms with Crippen molar-refractivity contribution in [3.05, 3.63) is 29.8 Å². The van der Waals surface area contributed by atoms with Crippen LogP contribution in [-0.2, 0) is 6.42 Å². The lowest BCUT2D eigenvalue weighted by atomic mass is 10.1. The van der Waals surface area contributed by atoms with Gasteiger partial charge in [-0.25, -0.2) is 0 Å². The Labute approximate surface area is 92.9 Å². The van der Waals surface area contributed by atoms with E-state index in [1.807, 2.05) is 12.1 Å². The van der Waals surface area contributed by atoms with Gasteiger partial charge in [-0.2, -0.15) is 0 Å². The Hall–Kier alpha value is -1.02. The number of hydrogen-bond acceptors (Lipinski definition) is 2. The number of anilines is 1. The van der Waals surface area contributed by atoms with E-state index in [0.717, 1.165) is 31.1 Å². The molecule has 0 aliphatic rings. The first kappa shape index (κ1) is 12.1. The van der Waals surface area contributed by atoms with Crippen LogP contribution < -0.4 is 11.1 Å². The summed E-state index contributed by atoms with van der Waals surface area (Å²) in [5, 5.41) is 3.47. The fourth-order valence-corrected chi connectivity index (χ4v) is 1.41. The van der Waals surface area contributed by atoms with Crippen LogP contribution in [0.4, 0.5) is 5.69 Å². The first-order valence-electron chi connectivity index (χ1n) is 5.77. The van der Waals surface area contributed by atoms with Crippen molar-refractivity contribution in [2.75, 3.05) is 18.8 Å². The molecular formula is C13H22N2. The Balaban J connectivity index is 2.17. The molecule has 0 aromatic heterocycles. The summed E-state index contributed by atoms with van der Waals surface area (Å²) in [5.74, 6) is 0.774. The Morgan fingerprint density at radius 1 is 1.27 bits per heavy atom. The average Bonchev–Trinajstić information content (AvgIpc) is 2.26. The van der Waals surface area contributed by atoms with E-state index in [0.29, 0.717) is 0 Å². The van der Waals surface area contributed by atoms with Crippen molar-refractivity contribution < 1.29 is 0 Å². The fraction of sp³-hybridized carbons (Fsp3) is 0.538. The zero-order valence-electron chi connectivity index (χ0n) is 9.79. The third-order valence-corrected chi connectivity index (χ3v) is 2.76. The molecule has 0 saturated heterocycles. The second-order valence-electron chi connectivity index (χ2n) is 4.21. The molecule has 1 atom stereocenters. The molecular weight excluding hydrogens is 184 g/mol. The average molecular weight is 206 g/mol. The second-order valence-corrected chi connectivity index (χ2v) is 4.21. The van der Waals surface area contributed by atoms with Crippen LogP contribution >= 0.6 is 0 Å². The minimum atomic E-state index is 0.774. The molecule has 2 heteroatoms. The Bertz CT molecular complexity index is 266. The summed E-state index contributed by atoms with van der Waals surface area (Å²) < 4.78 is 0. The maximum Gasteiger partial charge on any atom is 0.0314 e. The van der Waals surface area contributed by atoms with Gasteiger partial charge in [-0.15, -0.1) is 0 Å². The quantitative estimate of drug-likeness (QED) is 0.554. The largest absolute Gasteiger partial charge is 0.399 e. The van der Waals surface area contributed by atoms with E-state index in [1.54, 1.807) is 0 Å². The molecule has 3 N–H and O–H groups in total. The highest BCUT2D eigenvalue weighted by atomic mass is 14.8. The van der Waals surface area contributed by atoms with Crippen LogP contribution in [0.5, 0.6) is 0 Å². The lowest BCUT2D eigenvalue weighted by Crippen LogP contribution is -2.23. The molecule has 0 amide bonds. The third-order valence-electron chi connectivity index (χ3n) is 2.76. The molecule has 0 aliphatic carbocycles. The summed E-state index contributed by atoms with van der Waals surface area (Å²) in [7, 11) is 0. The number of benzene rings is 1. The normalized spacial score (nSPS) is 12.7. The second kappa shape index (κ2) is 6.46. The minimum absolute atomic E-state index is 0.774. The van der Waals surface area contributed by atoms with Crippen molar-refractivity contribution in [1.82, 2.24) is 5.32 Å². The molecule has 0 saturated carbocycles. The van der Waals surface area contributed by atoms with E-state index in [-0.39, 0.29) is 0 Å². The lowest BCUT2D eigenvalue weighted by Gasteiger charge is -2.09. The van der Waals surface area contributed by atoms with Crippen LogP contribution in [-0.4, -0.2) is 13.1 Å². The van der Waals surface area contributed by atoms with Gasteiger partial charge in [-0.05, 0) is 43.1 Å². The predicted molar refractivity (Wildman–Crippen MR) is 66.9 cm³/mol. The van der Waals surface area contributed by atoms with E-state index < -0.39 is 0 Å². The zero-order chi connectivity index (χ0) is 11.1. The van der Waals surface area contributed by atoms with Gasteiger partial charge in [0, 0.05) is 5.69 Å². The van der Waals surface area contributed by atoms with Crippen molar-refractivity contribution in [2.45, 2.75) is 26.7 Å². The number of rotatable bonds is 6. The van der Waals surface area contributed by atoms with E-state index in [4.69, 9.17) is 5.73 Å². The van der Waals surface area contributed by atoms with Gasteiger partial charge in [0.2, 0.25) is 0 Å². The summed E-state index contributed by atoms with van der Waals surface area (Å²) in [6.45, 7) is 6.67.